The summed E-state index contributed by atoms with van der Waals surface area (Å²) < 4.78 is 34.2. The highest BCUT2D eigenvalue weighted by molar-refractivity contribution is 7.90. The molecule has 4 rings (SSSR count). The third-order valence-corrected chi connectivity index (χ3v) is 8.64. The zero-order chi connectivity index (χ0) is 29.7. The number of rotatable bonds is 12. The highest BCUT2D eigenvalue weighted by Crippen LogP contribution is 2.30. The van der Waals surface area contributed by atoms with Gasteiger partial charge in [0.05, 0.1) is 16.3 Å². The molecule has 11 heteroatoms. The van der Waals surface area contributed by atoms with Gasteiger partial charge < -0.3 is 19.9 Å². The van der Waals surface area contributed by atoms with Gasteiger partial charge in [-0.25, -0.2) is 18.1 Å². The van der Waals surface area contributed by atoms with Gasteiger partial charge in [0.1, 0.15) is 17.2 Å². The van der Waals surface area contributed by atoms with Gasteiger partial charge in [-0.1, -0.05) is 26.8 Å². The average molecular weight is 585 g/mol. The second-order valence-electron chi connectivity index (χ2n) is 10.4. The minimum absolute atomic E-state index is 0. The number of benzene rings is 2. The number of pyridine rings is 1. The van der Waals surface area contributed by atoms with E-state index >= 15 is 0 Å². The molecule has 0 radical (unpaired) electrons. The van der Waals surface area contributed by atoms with Crippen LogP contribution in [-0.4, -0.2) is 47.2 Å². The number of fused-ring (bicyclic) bond motifs is 1. The van der Waals surface area contributed by atoms with Crippen molar-refractivity contribution in [3.8, 4) is 11.5 Å². The fraction of sp³-hybridized carbons (Fsp3) is 0.367. The first kappa shape index (κ1) is 30.0. The van der Waals surface area contributed by atoms with E-state index in [1.165, 1.54) is 23.4 Å². The summed E-state index contributed by atoms with van der Waals surface area (Å²) in [4.78, 5) is 21.4. The van der Waals surface area contributed by atoms with Gasteiger partial charge in [0.15, 0.2) is 0 Å². The molecule has 0 aliphatic carbocycles. The van der Waals surface area contributed by atoms with Gasteiger partial charge in [0, 0.05) is 48.4 Å². The van der Waals surface area contributed by atoms with Crippen molar-refractivity contribution in [2.45, 2.75) is 52.2 Å². The van der Waals surface area contributed by atoms with Gasteiger partial charge >= 0.3 is 0 Å². The summed E-state index contributed by atoms with van der Waals surface area (Å²) in [7, 11) is -1.43. The van der Waals surface area contributed by atoms with Gasteiger partial charge in [-0.15, -0.1) is 0 Å². The first-order valence-corrected chi connectivity index (χ1v) is 15.3. The van der Waals surface area contributed by atoms with E-state index < -0.39 is 21.2 Å². The van der Waals surface area contributed by atoms with Crippen LogP contribution in [0.5, 0.6) is 11.5 Å². The van der Waals surface area contributed by atoms with Crippen LogP contribution in [0.3, 0.4) is 0 Å². The minimum atomic E-state index is -3.39. The molecule has 0 fully saturated rings. The second-order valence-corrected chi connectivity index (χ2v) is 12.7. The molecule has 0 unspecified atom stereocenters. The number of aryl methyl sites for hydroxylation is 2. The SMILES string of the molecule is CCc1ccc(Nc2nc3cc(Oc4ccnc(C(=O)NCCNS(=O)(=O)C(C)C)c4)ccc3n2C)cc1C(C)C.[HH].[HH].[HH]. The van der Waals surface area contributed by atoms with Crippen molar-refractivity contribution in [2.24, 2.45) is 7.05 Å². The van der Waals surface area contributed by atoms with E-state index in [0.29, 0.717) is 17.4 Å². The maximum absolute atomic E-state index is 12.5. The van der Waals surface area contributed by atoms with Crippen molar-refractivity contribution in [3.63, 3.8) is 0 Å². The molecule has 0 bridgehead atoms. The molecule has 0 aliphatic rings. The Kier molecular flexibility index (Phi) is 9.29. The van der Waals surface area contributed by atoms with Crippen LogP contribution in [0.1, 0.15) is 66.4 Å². The molecule has 4 aromatic rings. The molecule has 2 aromatic heterocycles. The number of ether oxygens (including phenoxy) is 1. The van der Waals surface area contributed by atoms with E-state index in [1.54, 1.807) is 19.9 Å². The Bertz CT molecular complexity index is 1660. The number of sulfonamides is 1. The summed E-state index contributed by atoms with van der Waals surface area (Å²) >= 11 is 0. The highest BCUT2D eigenvalue weighted by Gasteiger charge is 2.16. The molecule has 2 heterocycles. The van der Waals surface area contributed by atoms with E-state index in [0.717, 1.165) is 29.1 Å². The lowest BCUT2D eigenvalue weighted by molar-refractivity contribution is 0.0949. The van der Waals surface area contributed by atoms with E-state index in [-0.39, 0.29) is 23.1 Å². The lowest BCUT2D eigenvalue weighted by Gasteiger charge is -2.14. The summed E-state index contributed by atoms with van der Waals surface area (Å²) in [6, 6.07) is 15.3. The third-order valence-electron chi connectivity index (χ3n) is 6.79. The number of nitrogens with zero attached hydrogens (tertiary/aromatic N) is 3. The normalized spacial score (nSPS) is 11.8. The topological polar surface area (TPSA) is 127 Å². The second kappa shape index (κ2) is 12.7. The quantitative estimate of drug-likeness (QED) is 0.175. The lowest BCUT2D eigenvalue weighted by Crippen LogP contribution is -2.37. The van der Waals surface area contributed by atoms with Crippen LogP contribution in [0, 0.1) is 0 Å². The van der Waals surface area contributed by atoms with Crippen molar-refractivity contribution in [2.75, 3.05) is 18.4 Å². The van der Waals surface area contributed by atoms with E-state index in [2.05, 4.69) is 59.3 Å². The number of hydrogen-bond acceptors (Lipinski definition) is 7. The number of carbonyl (C=O) groups is 1. The first-order chi connectivity index (χ1) is 19.5. The van der Waals surface area contributed by atoms with Crippen molar-refractivity contribution in [3.05, 3.63) is 71.5 Å². The Hall–Kier alpha value is -3.96. The standard InChI is InChI=1S/C30H38N6O4S.3H2/c1-7-21-8-9-22(16-25(21)19(2)3)34-30-35-26-17-23(10-11-28(26)36(30)6)40-24-12-13-31-27(18-24)29(37)32-14-15-33-41(38,39)20(4)5;;;/h8-13,16-20,33H,7,14-15H2,1-6H3,(H,32,37)(H,34,35);3*1H. The molecular weight excluding hydrogens is 540 g/mol. The zero-order valence-corrected chi connectivity index (χ0v) is 25.2. The highest BCUT2D eigenvalue weighted by atomic mass is 32.2. The number of imidazole rings is 1. The maximum atomic E-state index is 12.5. The predicted molar refractivity (Wildman–Crippen MR) is 169 cm³/mol. The first-order valence-electron chi connectivity index (χ1n) is 13.8. The van der Waals surface area contributed by atoms with Crippen LogP contribution in [0.4, 0.5) is 11.6 Å². The molecule has 2 aromatic carbocycles. The van der Waals surface area contributed by atoms with Crippen LogP contribution in [0.15, 0.2) is 54.7 Å². The fourth-order valence-electron chi connectivity index (χ4n) is 4.38. The van der Waals surface area contributed by atoms with Crippen LogP contribution in [0.2, 0.25) is 0 Å². The van der Waals surface area contributed by atoms with Crippen LogP contribution in [-0.2, 0) is 23.5 Å². The number of anilines is 2. The third kappa shape index (κ3) is 7.22. The number of aromatic nitrogens is 3. The Morgan fingerprint density at radius 2 is 1.78 bits per heavy atom. The largest absolute Gasteiger partial charge is 0.457 e. The lowest BCUT2D eigenvalue weighted by atomic mass is 9.95. The summed E-state index contributed by atoms with van der Waals surface area (Å²) in [6.45, 7) is 9.98. The predicted octanol–water partition coefficient (Wildman–Crippen LogP) is 5.99. The molecule has 1 amide bonds. The van der Waals surface area contributed by atoms with Gasteiger partial charge in [-0.3, -0.25) is 9.78 Å². The van der Waals surface area contributed by atoms with Crippen LogP contribution in [0.25, 0.3) is 11.0 Å². The Labute approximate surface area is 246 Å². The number of carbonyl (C=O) groups excluding carboxylic acids is 1. The van der Waals surface area contributed by atoms with Crippen molar-refractivity contribution in [1.29, 1.82) is 0 Å². The fourth-order valence-corrected chi connectivity index (χ4v) is 5.10. The molecule has 3 N–H and O–H groups in total. The summed E-state index contributed by atoms with van der Waals surface area (Å²) in [5, 5.41) is 5.58. The molecule has 0 atom stereocenters. The molecule has 0 saturated carbocycles. The van der Waals surface area contributed by atoms with Crippen LogP contribution < -0.4 is 20.1 Å². The van der Waals surface area contributed by atoms with Gasteiger partial charge in [-0.2, -0.15) is 0 Å². The molecule has 10 nitrogen and oxygen atoms in total. The molecular formula is C30H44N6O4S. The Morgan fingerprint density at radius 1 is 1.02 bits per heavy atom. The minimum Gasteiger partial charge on any atom is -0.457 e. The summed E-state index contributed by atoms with van der Waals surface area (Å²) in [5.41, 5.74) is 5.53. The molecule has 0 aliphatic heterocycles. The zero-order valence-electron chi connectivity index (χ0n) is 24.4. The molecule has 0 saturated heterocycles. The van der Waals surface area contributed by atoms with Gasteiger partial charge in [-0.05, 0) is 67.6 Å². The van der Waals surface area contributed by atoms with Gasteiger partial charge in [0.2, 0.25) is 16.0 Å². The number of nitrogens with one attached hydrogen (secondary N) is 3. The molecule has 41 heavy (non-hydrogen) atoms. The monoisotopic (exact) mass is 584 g/mol. The van der Waals surface area contributed by atoms with Crippen molar-refractivity contribution in [1.82, 2.24) is 24.6 Å². The summed E-state index contributed by atoms with van der Waals surface area (Å²) in [5.74, 6) is 1.73. The van der Waals surface area contributed by atoms with E-state index in [9.17, 15) is 13.2 Å². The van der Waals surface area contributed by atoms with E-state index in [4.69, 9.17) is 9.72 Å². The number of hydrogen-bond donors (Lipinski definition) is 3. The average Bonchev–Trinajstić information content (AvgIpc) is 3.24. The molecule has 224 valence electrons. The summed E-state index contributed by atoms with van der Waals surface area (Å²) in [6.07, 6.45) is 2.48. The van der Waals surface area contributed by atoms with Gasteiger partial charge in [0.25, 0.3) is 5.91 Å². The smallest absolute Gasteiger partial charge is 0.270 e. The molecule has 0 spiro atoms. The van der Waals surface area contributed by atoms with Crippen molar-refractivity contribution >= 4 is 38.6 Å². The Balaban J connectivity index is 0.00000323. The number of amides is 1. The van der Waals surface area contributed by atoms with Crippen LogP contribution >= 0.6 is 0 Å². The Morgan fingerprint density at radius 3 is 2.49 bits per heavy atom. The van der Waals surface area contributed by atoms with Crippen molar-refractivity contribution < 1.29 is 22.2 Å². The van der Waals surface area contributed by atoms with E-state index in [1.807, 2.05) is 29.8 Å². The maximum Gasteiger partial charge on any atom is 0.270 e.